The molecule has 5 heteroatoms. The van der Waals surface area contributed by atoms with Crippen LogP contribution in [0, 0.1) is 5.92 Å². The summed E-state index contributed by atoms with van der Waals surface area (Å²) in [5.41, 5.74) is 1.44. The first kappa shape index (κ1) is 14.5. The zero-order valence-corrected chi connectivity index (χ0v) is 11.6. The Kier molecular flexibility index (Phi) is 4.74. The number of hydrogen-bond acceptors (Lipinski definition) is 3. The van der Waals surface area contributed by atoms with E-state index in [0.717, 1.165) is 31.5 Å². The van der Waals surface area contributed by atoms with Crippen LogP contribution in [0.1, 0.15) is 22.3 Å². The van der Waals surface area contributed by atoms with Crippen molar-refractivity contribution in [3.8, 4) is 0 Å². The smallest absolute Gasteiger partial charge is 0.335 e. The molecule has 1 aromatic carbocycles. The van der Waals surface area contributed by atoms with E-state index in [2.05, 4.69) is 5.32 Å². The molecule has 1 aliphatic rings. The van der Waals surface area contributed by atoms with E-state index in [1.54, 1.807) is 19.2 Å². The van der Waals surface area contributed by atoms with Crippen LogP contribution in [0.5, 0.6) is 0 Å². The quantitative estimate of drug-likeness (QED) is 0.841. The van der Waals surface area contributed by atoms with Crippen LogP contribution < -0.4 is 5.32 Å². The van der Waals surface area contributed by atoms with Gasteiger partial charge in [-0.25, -0.2) is 4.79 Å². The zero-order valence-electron chi connectivity index (χ0n) is 11.6. The Morgan fingerprint density at radius 3 is 2.65 bits per heavy atom. The minimum Gasteiger partial charge on any atom is -0.478 e. The van der Waals surface area contributed by atoms with Gasteiger partial charge in [-0.2, -0.15) is 0 Å². The number of likely N-dealkylation sites (N-methyl/N-ethyl adjacent to an activating group) is 1. The van der Waals surface area contributed by atoms with Gasteiger partial charge in [0.1, 0.15) is 0 Å². The fourth-order valence-electron chi connectivity index (χ4n) is 2.61. The number of hydrogen-bond donors (Lipinski definition) is 2. The molecule has 0 aromatic heterocycles. The number of nitrogens with zero attached hydrogens (tertiary/aromatic N) is 1. The number of rotatable bonds is 5. The van der Waals surface area contributed by atoms with Gasteiger partial charge in [0, 0.05) is 13.1 Å². The van der Waals surface area contributed by atoms with Gasteiger partial charge in [-0.15, -0.1) is 0 Å². The lowest BCUT2D eigenvalue weighted by molar-refractivity contribution is -0.129. The van der Waals surface area contributed by atoms with Crippen molar-refractivity contribution in [1.29, 1.82) is 0 Å². The van der Waals surface area contributed by atoms with Gasteiger partial charge in [0.05, 0.1) is 12.1 Å². The van der Waals surface area contributed by atoms with Crippen LogP contribution in [0.2, 0.25) is 0 Å². The molecule has 1 fully saturated rings. The summed E-state index contributed by atoms with van der Waals surface area (Å²) < 4.78 is 0. The summed E-state index contributed by atoms with van der Waals surface area (Å²) >= 11 is 0. The lowest BCUT2D eigenvalue weighted by atomic mass is 9.98. The third-order valence-electron chi connectivity index (χ3n) is 3.69. The van der Waals surface area contributed by atoms with Crippen LogP contribution in [0.3, 0.4) is 0 Å². The van der Waals surface area contributed by atoms with Gasteiger partial charge < -0.3 is 15.3 Å². The first-order valence-corrected chi connectivity index (χ1v) is 6.84. The third kappa shape index (κ3) is 3.57. The molecule has 1 saturated heterocycles. The van der Waals surface area contributed by atoms with E-state index in [4.69, 9.17) is 5.11 Å². The largest absolute Gasteiger partial charge is 0.478 e. The van der Waals surface area contributed by atoms with Crippen molar-refractivity contribution in [2.45, 2.75) is 12.8 Å². The second kappa shape index (κ2) is 6.52. The zero-order chi connectivity index (χ0) is 14.5. The highest BCUT2D eigenvalue weighted by atomic mass is 16.4. The second-order valence-corrected chi connectivity index (χ2v) is 5.23. The van der Waals surface area contributed by atoms with E-state index in [1.165, 1.54) is 0 Å². The molecule has 0 saturated carbocycles. The van der Waals surface area contributed by atoms with Gasteiger partial charge >= 0.3 is 5.97 Å². The molecule has 1 atom stereocenters. The van der Waals surface area contributed by atoms with Crippen molar-refractivity contribution in [1.82, 2.24) is 10.2 Å². The lowest BCUT2D eigenvalue weighted by Crippen LogP contribution is -2.35. The van der Waals surface area contributed by atoms with Crippen molar-refractivity contribution in [2.75, 3.05) is 26.7 Å². The van der Waals surface area contributed by atoms with E-state index < -0.39 is 5.97 Å². The van der Waals surface area contributed by atoms with E-state index in [1.807, 2.05) is 17.0 Å². The number of nitrogens with one attached hydrogen (secondary N) is 1. The summed E-state index contributed by atoms with van der Waals surface area (Å²) in [6, 6.07) is 7.00. The van der Waals surface area contributed by atoms with Gasteiger partial charge in [0.15, 0.2) is 0 Å². The fourth-order valence-corrected chi connectivity index (χ4v) is 2.61. The molecule has 0 radical (unpaired) electrons. The summed E-state index contributed by atoms with van der Waals surface area (Å²) in [6.45, 7) is 2.00. The first-order valence-electron chi connectivity index (χ1n) is 6.84. The van der Waals surface area contributed by atoms with Crippen LogP contribution in [0.4, 0.5) is 0 Å². The second-order valence-electron chi connectivity index (χ2n) is 5.23. The molecule has 5 nitrogen and oxygen atoms in total. The molecule has 20 heavy (non-hydrogen) atoms. The van der Waals surface area contributed by atoms with Crippen molar-refractivity contribution in [3.05, 3.63) is 35.4 Å². The number of likely N-dealkylation sites (tertiary alicyclic amines) is 1. The summed E-state index contributed by atoms with van der Waals surface area (Å²) in [6.07, 6.45) is 1.90. The number of amides is 1. The van der Waals surface area contributed by atoms with E-state index >= 15 is 0 Å². The van der Waals surface area contributed by atoms with Crippen LogP contribution in [-0.2, 0) is 11.2 Å². The summed E-state index contributed by atoms with van der Waals surface area (Å²) in [7, 11) is 1.77. The normalized spacial score (nSPS) is 18.2. The van der Waals surface area contributed by atoms with Gasteiger partial charge in [-0.1, -0.05) is 12.1 Å². The van der Waals surface area contributed by atoms with Crippen molar-refractivity contribution < 1.29 is 14.7 Å². The van der Waals surface area contributed by atoms with Gasteiger partial charge in [-0.05, 0) is 43.5 Å². The minimum absolute atomic E-state index is 0.149. The average Bonchev–Trinajstić information content (AvgIpc) is 2.88. The predicted octanol–water partition coefficient (Wildman–Crippen LogP) is 0.995. The van der Waals surface area contributed by atoms with Crippen molar-refractivity contribution in [3.63, 3.8) is 0 Å². The monoisotopic (exact) mass is 276 g/mol. The summed E-state index contributed by atoms with van der Waals surface area (Å²) in [4.78, 5) is 24.4. The highest BCUT2D eigenvalue weighted by Gasteiger charge is 2.25. The van der Waals surface area contributed by atoms with Crippen molar-refractivity contribution >= 4 is 11.9 Å². The number of carbonyl (C=O) groups excluding carboxylic acids is 1. The van der Waals surface area contributed by atoms with E-state index in [0.29, 0.717) is 18.0 Å². The fraction of sp³-hybridized carbons (Fsp3) is 0.467. The van der Waals surface area contributed by atoms with Crippen LogP contribution >= 0.6 is 0 Å². The van der Waals surface area contributed by atoms with Gasteiger partial charge in [-0.3, -0.25) is 4.79 Å². The van der Waals surface area contributed by atoms with Gasteiger partial charge in [0.25, 0.3) is 0 Å². The summed E-state index contributed by atoms with van der Waals surface area (Å²) in [5, 5.41) is 11.7. The number of benzene rings is 1. The van der Waals surface area contributed by atoms with E-state index in [-0.39, 0.29) is 5.91 Å². The minimum atomic E-state index is -0.902. The Hall–Kier alpha value is -1.88. The standard InChI is InChI=1S/C15H20N2O3/c1-16-9-14(18)17-7-6-12(10-17)8-11-2-4-13(5-3-11)15(19)20/h2-5,12,16H,6-10H2,1H3,(H,19,20). The molecule has 108 valence electrons. The van der Waals surface area contributed by atoms with Crippen LogP contribution in [-0.4, -0.2) is 48.6 Å². The Balaban J connectivity index is 1.88. The molecule has 0 spiro atoms. The molecule has 1 unspecified atom stereocenters. The van der Waals surface area contributed by atoms with Crippen LogP contribution in [0.25, 0.3) is 0 Å². The predicted molar refractivity (Wildman–Crippen MR) is 75.7 cm³/mol. The number of carboxylic acid groups (broad SMARTS) is 1. The maximum absolute atomic E-state index is 11.8. The highest BCUT2D eigenvalue weighted by molar-refractivity contribution is 5.87. The number of carboxylic acids is 1. The molecule has 1 aromatic rings. The maximum Gasteiger partial charge on any atom is 0.335 e. The first-order chi connectivity index (χ1) is 9.60. The molecule has 1 aliphatic heterocycles. The molecule has 2 N–H and O–H groups in total. The number of carbonyl (C=O) groups is 2. The molecule has 1 amide bonds. The Labute approximate surface area is 118 Å². The van der Waals surface area contributed by atoms with Crippen molar-refractivity contribution in [2.24, 2.45) is 5.92 Å². The maximum atomic E-state index is 11.8. The van der Waals surface area contributed by atoms with Gasteiger partial charge in [0.2, 0.25) is 5.91 Å². The molecule has 2 rings (SSSR count). The highest BCUT2D eigenvalue weighted by Crippen LogP contribution is 2.21. The lowest BCUT2D eigenvalue weighted by Gasteiger charge is -2.16. The SMILES string of the molecule is CNCC(=O)N1CCC(Cc2ccc(C(=O)O)cc2)C1. The molecule has 1 heterocycles. The topological polar surface area (TPSA) is 69.6 Å². The van der Waals surface area contributed by atoms with E-state index in [9.17, 15) is 9.59 Å². The molecular formula is C15H20N2O3. The number of aromatic carboxylic acids is 1. The third-order valence-corrected chi connectivity index (χ3v) is 3.69. The molecule has 0 bridgehead atoms. The Morgan fingerprint density at radius 1 is 1.35 bits per heavy atom. The Morgan fingerprint density at radius 2 is 2.05 bits per heavy atom. The molecular weight excluding hydrogens is 256 g/mol. The molecule has 0 aliphatic carbocycles. The summed E-state index contributed by atoms with van der Waals surface area (Å²) in [5.74, 6) is -0.288. The Bertz CT molecular complexity index is 484. The average molecular weight is 276 g/mol. The van der Waals surface area contributed by atoms with Crippen LogP contribution in [0.15, 0.2) is 24.3 Å².